The minimum atomic E-state index is -0.561. The summed E-state index contributed by atoms with van der Waals surface area (Å²) in [6.07, 6.45) is 0.908. The van der Waals surface area contributed by atoms with Crippen LogP contribution in [0.15, 0.2) is 59.0 Å². The van der Waals surface area contributed by atoms with Gasteiger partial charge in [0.25, 0.3) is 5.91 Å². The molecule has 0 aliphatic rings. The number of para-hydroxylation sites is 1. The number of furan rings is 1. The number of hydrogen-bond donors (Lipinski definition) is 1. The molecule has 3 rings (SSSR count). The molecule has 1 N–H and O–H groups in total. The Hall–Kier alpha value is -3.28. The van der Waals surface area contributed by atoms with Crippen molar-refractivity contribution in [1.82, 2.24) is 5.32 Å². The maximum absolute atomic E-state index is 12.1. The van der Waals surface area contributed by atoms with Crippen molar-refractivity contribution in [3.63, 3.8) is 0 Å². The van der Waals surface area contributed by atoms with Crippen molar-refractivity contribution in [2.24, 2.45) is 0 Å². The molecule has 6 nitrogen and oxygen atoms in total. The molecule has 0 saturated carbocycles. The maximum Gasteiger partial charge on any atom is 0.338 e. The van der Waals surface area contributed by atoms with Gasteiger partial charge in [0.2, 0.25) is 0 Å². The van der Waals surface area contributed by atoms with E-state index in [-0.39, 0.29) is 12.6 Å². The largest absolute Gasteiger partial charge is 0.494 e. The van der Waals surface area contributed by atoms with E-state index < -0.39 is 11.9 Å². The number of ether oxygens (including phenoxy) is 2. The van der Waals surface area contributed by atoms with Gasteiger partial charge in [-0.3, -0.25) is 4.79 Å². The van der Waals surface area contributed by atoms with E-state index in [9.17, 15) is 9.59 Å². The summed E-state index contributed by atoms with van der Waals surface area (Å²) in [5, 5.41) is 3.74. The van der Waals surface area contributed by atoms with E-state index in [4.69, 9.17) is 13.9 Å². The normalized spacial score (nSPS) is 11.8. The van der Waals surface area contributed by atoms with Crippen LogP contribution in [0.4, 0.5) is 0 Å². The predicted molar refractivity (Wildman–Crippen MR) is 105 cm³/mol. The summed E-state index contributed by atoms with van der Waals surface area (Å²) in [7, 11) is 0. The summed E-state index contributed by atoms with van der Waals surface area (Å²) in [5.41, 5.74) is 1.12. The number of carbonyl (C=O) groups excluding carboxylic acids is 2. The third-order valence-electron chi connectivity index (χ3n) is 4.15. The number of benzene rings is 2. The molecule has 0 unspecified atom stereocenters. The van der Waals surface area contributed by atoms with Crippen LogP contribution in [0.25, 0.3) is 11.0 Å². The summed E-state index contributed by atoms with van der Waals surface area (Å²) < 4.78 is 16.3. The molecule has 0 aliphatic heterocycles. The molecule has 1 heterocycles. The van der Waals surface area contributed by atoms with Crippen LogP contribution >= 0.6 is 0 Å². The first-order chi connectivity index (χ1) is 13.6. The van der Waals surface area contributed by atoms with Crippen LogP contribution in [-0.4, -0.2) is 25.1 Å². The third kappa shape index (κ3) is 4.91. The molecule has 2 aromatic carbocycles. The summed E-state index contributed by atoms with van der Waals surface area (Å²) >= 11 is 0. The van der Waals surface area contributed by atoms with E-state index in [1.807, 2.05) is 44.2 Å². The third-order valence-corrected chi connectivity index (χ3v) is 4.15. The van der Waals surface area contributed by atoms with Gasteiger partial charge in [0, 0.05) is 5.39 Å². The fourth-order valence-corrected chi connectivity index (χ4v) is 2.69. The zero-order valence-electron chi connectivity index (χ0n) is 15.9. The van der Waals surface area contributed by atoms with Gasteiger partial charge in [0.1, 0.15) is 17.1 Å². The SMILES string of the molecule is CCCOc1ccc(C(=O)OCC(=O)N[C@@H](C)c2cc3ccccc3o2)cc1. The van der Waals surface area contributed by atoms with Gasteiger partial charge in [-0.25, -0.2) is 4.79 Å². The van der Waals surface area contributed by atoms with Crippen molar-refractivity contribution < 1.29 is 23.5 Å². The lowest BCUT2D eigenvalue weighted by atomic mass is 10.2. The standard InChI is InChI=1S/C22H23NO5/c1-3-12-26-18-10-8-16(9-11-18)22(25)27-14-21(24)23-15(2)20-13-17-6-4-5-7-19(17)28-20/h4-11,13,15H,3,12,14H2,1-2H3,(H,23,24)/t15-/m0/s1. The molecule has 0 bridgehead atoms. The summed E-state index contributed by atoms with van der Waals surface area (Å²) in [4.78, 5) is 24.2. The van der Waals surface area contributed by atoms with Crippen LogP contribution in [0.5, 0.6) is 5.75 Å². The van der Waals surface area contributed by atoms with Gasteiger partial charge in [-0.15, -0.1) is 0 Å². The lowest BCUT2D eigenvalue weighted by Gasteiger charge is -2.11. The van der Waals surface area contributed by atoms with E-state index in [0.29, 0.717) is 23.7 Å². The fraction of sp³-hybridized carbons (Fsp3) is 0.273. The Morgan fingerprint density at radius 2 is 1.86 bits per heavy atom. The van der Waals surface area contributed by atoms with Crippen LogP contribution in [-0.2, 0) is 9.53 Å². The lowest BCUT2D eigenvalue weighted by molar-refractivity contribution is -0.125. The molecule has 0 radical (unpaired) electrons. The molecule has 146 valence electrons. The highest BCUT2D eigenvalue weighted by Gasteiger charge is 2.16. The topological polar surface area (TPSA) is 77.8 Å². The zero-order chi connectivity index (χ0) is 19.9. The van der Waals surface area contributed by atoms with Crippen LogP contribution in [0.2, 0.25) is 0 Å². The first kappa shape index (κ1) is 19.5. The predicted octanol–water partition coefficient (Wildman–Crippen LogP) is 4.26. The Balaban J connectivity index is 1.49. The van der Waals surface area contributed by atoms with Gasteiger partial charge < -0.3 is 19.2 Å². The Bertz CT molecular complexity index is 912. The number of nitrogens with one attached hydrogen (secondary N) is 1. The second-order valence-electron chi connectivity index (χ2n) is 6.42. The van der Waals surface area contributed by atoms with Crippen LogP contribution in [0, 0.1) is 0 Å². The molecule has 1 amide bonds. The monoisotopic (exact) mass is 381 g/mol. The zero-order valence-corrected chi connectivity index (χ0v) is 15.9. The molecule has 6 heteroatoms. The van der Waals surface area contributed by atoms with Crippen molar-refractivity contribution in [2.45, 2.75) is 26.3 Å². The lowest BCUT2D eigenvalue weighted by Crippen LogP contribution is -2.31. The number of fused-ring (bicyclic) bond motifs is 1. The van der Waals surface area contributed by atoms with Gasteiger partial charge in [0.15, 0.2) is 6.61 Å². The molecule has 0 spiro atoms. The van der Waals surface area contributed by atoms with Crippen molar-refractivity contribution in [3.05, 3.63) is 65.9 Å². The van der Waals surface area contributed by atoms with Gasteiger partial charge >= 0.3 is 5.97 Å². The van der Waals surface area contributed by atoms with Crippen molar-refractivity contribution >= 4 is 22.8 Å². The summed E-state index contributed by atoms with van der Waals surface area (Å²) in [6, 6.07) is 15.8. The molecule has 0 fully saturated rings. The molecular weight excluding hydrogens is 358 g/mol. The number of esters is 1. The van der Waals surface area contributed by atoms with Crippen LogP contribution in [0.3, 0.4) is 0 Å². The van der Waals surface area contributed by atoms with Gasteiger partial charge in [-0.1, -0.05) is 25.1 Å². The summed E-state index contributed by atoms with van der Waals surface area (Å²) in [5.74, 6) is 0.372. The molecule has 1 aromatic heterocycles. The van der Waals surface area contributed by atoms with E-state index in [0.717, 1.165) is 17.4 Å². The molecule has 1 atom stereocenters. The maximum atomic E-state index is 12.1. The van der Waals surface area contributed by atoms with Gasteiger partial charge in [-0.05, 0) is 49.7 Å². The first-order valence-corrected chi connectivity index (χ1v) is 9.24. The average molecular weight is 381 g/mol. The number of amides is 1. The highest BCUT2D eigenvalue weighted by atomic mass is 16.5. The Morgan fingerprint density at radius 3 is 2.57 bits per heavy atom. The smallest absolute Gasteiger partial charge is 0.338 e. The molecule has 28 heavy (non-hydrogen) atoms. The van der Waals surface area contributed by atoms with Gasteiger partial charge in [-0.2, -0.15) is 0 Å². The number of carbonyl (C=O) groups is 2. The molecule has 0 aliphatic carbocycles. The molecular formula is C22H23NO5. The number of rotatable bonds is 8. The van der Waals surface area contributed by atoms with Gasteiger partial charge in [0.05, 0.1) is 18.2 Å². The Labute approximate surface area is 163 Å². The minimum absolute atomic E-state index is 0.339. The Morgan fingerprint density at radius 1 is 1.11 bits per heavy atom. The first-order valence-electron chi connectivity index (χ1n) is 9.24. The van der Waals surface area contributed by atoms with Crippen molar-refractivity contribution in [2.75, 3.05) is 13.2 Å². The number of hydrogen-bond acceptors (Lipinski definition) is 5. The summed E-state index contributed by atoms with van der Waals surface area (Å²) in [6.45, 7) is 4.09. The fourth-order valence-electron chi connectivity index (χ4n) is 2.69. The van der Waals surface area contributed by atoms with Crippen LogP contribution < -0.4 is 10.1 Å². The minimum Gasteiger partial charge on any atom is -0.494 e. The van der Waals surface area contributed by atoms with E-state index in [1.165, 1.54) is 0 Å². The van der Waals surface area contributed by atoms with Crippen molar-refractivity contribution in [1.29, 1.82) is 0 Å². The van der Waals surface area contributed by atoms with Crippen LogP contribution in [0.1, 0.15) is 42.4 Å². The van der Waals surface area contributed by atoms with E-state index in [2.05, 4.69) is 5.32 Å². The van der Waals surface area contributed by atoms with Crippen molar-refractivity contribution in [3.8, 4) is 5.75 Å². The highest BCUT2D eigenvalue weighted by Crippen LogP contribution is 2.23. The van der Waals surface area contributed by atoms with E-state index >= 15 is 0 Å². The second-order valence-corrected chi connectivity index (χ2v) is 6.42. The van der Waals surface area contributed by atoms with E-state index in [1.54, 1.807) is 24.3 Å². The highest BCUT2D eigenvalue weighted by molar-refractivity contribution is 5.91. The molecule has 3 aromatic rings. The second kappa shape index (κ2) is 9.08. The Kier molecular flexibility index (Phi) is 6.32. The quantitative estimate of drug-likeness (QED) is 0.590. The molecule has 0 saturated heterocycles. The average Bonchev–Trinajstić information content (AvgIpc) is 3.15.